The van der Waals surface area contributed by atoms with Crippen LogP contribution in [0.1, 0.15) is 24.8 Å². The highest BCUT2D eigenvalue weighted by molar-refractivity contribution is 5.87. The number of aromatic hydroxyl groups is 1. The maximum Gasteiger partial charge on any atom is 0.326 e. The lowest BCUT2D eigenvalue weighted by atomic mass is 10.0. The molecule has 2 saturated carbocycles. The quantitative estimate of drug-likeness (QED) is 0.767. The standard InChI is InChI=1S/C16H19NO4/c18-10-6-4-9(5-7-10)8-13(16(20)21)17-15(19)14-11-2-1-3-12(11)14/h4-7,11-14,18H,1-3,8H2,(H,17,19)(H,20,21)/t11?,12?,13-,14?/m1/s1. The summed E-state index contributed by atoms with van der Waals surface area (Å²) in [5.74, 6) is -0.0137. The molecule has 3 rings (SSSR count). The number of rotatable bonds is 5. The Bertz CT molecular complexity index is 544. The molecule has 2 unspecified atom stereocenters. The van der Waals surface area contributed by atoms with Gasteiger partial charge in [0.2, 0.25) is 5.91 Å². The summed E-state index contributed by atoms with van der Waals surface area (Å²) >= 11 is 0. The van der Waals surface area contributed by atoms with Gasteiger partial charge in [-0.05, 0) is 42.4 Å². The minimum Gasteiger partial charge on any atom is -0.508 e. The predicted molar refractivity (Wildman–Crippen MR) is 75.7 cm³/mol. The van der Waals surface area contributed by atoms with Gasteiger partial charge in [0.25, 0.3) is 0 Å². The number of carboxylic acid groups (broad SMARTS) is 1. The SMILES string of the molecule is O=C(N[C@H](Cc1ccc(O)cc1)C(=O)O)C1C2CCCC21. The summed E-state index contributed by atoms with van der Waals surface area (Å²) in [6.45, 7) is 0. The summed E-state index contributed by atoms with van der Waals surface area (Å²) in [5.41, 5.74) is 0.775. The molecule has 0 saturated heterocycles. The van der Waals surface area contributed by atoms with Gasteiger partial charge in [-0.1, -0.05) is 18.6 Å². The Labute approximate surface area is 123 Å². The molecule has 5 nitrogen and oxygen atoms in total. The van der Waals surface area contributed by atoms with E-state index < -0.39 is 12.0 Å². The van der Waals surface area contributed by atoms with Gasteiger partial charge in [-0.25, -0.2) is 4.79 Å². The molecule has 0 aliphatic heterocycles. The first kappa shape index (κ1) is 13.9. The van der Waals surface area contributed by atoms with Crippen LogP contribution in [-0.2, 0) is 16.0 Å². The highest BCUT2D eigenvalue weighted by Gasteiger charge is 2.56. The number of hydrogen-bond acceptors (Lipinski definition) is 3. The van der Waals surface area contributed by atoms with Gasteiger partial charge in [-0.15, -0.1) is 0 Å². The number of carbonyl (C=O) groups excluding carboxylic acids is 1. The molecule has 1 aromatic carbocycles. The van der Waals surface area contributed by atoms with Crippen LogP contribution in [0.4, 0.5) is 0 Å². The van der Waals surface area contributed by atoms with E-state index in [4.69, 9.17) is 0 Å². The first-order valence-corrected chi connectivity index (χ1v) is 7.37. The first-order valence-electron chi connectivity index (χ1n) is 7.37. The van der Waals surface area contributed by atoms with Crippen molar-refractivity contribution in [3.05, 3.63) is 29.8 Å². The highest BCUT2D eigenvalue weighted by atomic mass is 16.4. The molecule has 2 aliphatic rings. The van der Waals surface area contributed by atoms with Crippen LogP contribution in [0.3, 0.4) is 0 Å². The van der Waals surface area contributed by atoms with Crippen molar-refractivity contribution in [2.45, 2.75) is 31.7 Å². The molecular weight excluding hydrogens is 270 g/mol. The van der Waals surface area contributed by atoms with Crippen molar-refractivity contribution in [1.82, 2.24) is 5.32 Å². The number of benzene rings is 1. The zero-order chi connectivity index (χ0) is 15.0. The van der Waals surface area contributed by atoms with Gasteiger partial charge in [0.15, 0.2) is 0 Å². The van der Waals surface area contributed by atoms with E-state index in [1.807, 2.05) is 0 Å². The van der Waals surface area contributed by atoms with Gasteiger partial charge in [-0.2, -0.15) is 0 Å². The van der Waals surface area contributed by atoms with E-state index in [0.29, 0.717) is 11.8 Å². The summed E-state index contributed by atoms with van der Waals surface area (Å²) in [7, 11) is 0. The largest absolute Gasteiger partial charge is 0.508 e. The van der Waals surface area contributed by atoms with Gasteiger partial charge < -0.3 is 15.5 Å². The maximum atomic E-state index is 12.2. The van der Waals surface area contributed by atoms with E-state index in [1.165, 1.54) is 18.6 Å². The number of phenols is 1. The fourth-order valence-electron chi connectivity index (χ4n) is 3.55. The maximum absolute atomic E-state index is 12.2. The first-order chi connectivity index (χ1) is 10.1. The molecular formula is C16H19NO4. The van der Waals surface area contributed by atoms with Crippen LogP contribution in [0.25, 0.3) is 0 Å². The lowest BCUT2D eigenvalue weighted by Gasteiger charge is -2.15. The lowest BCUT2D eigenvalue weighted by molar-refractivity contribution is -0.142. The zero-order valence-corrected chi connectivity index (χ0v) is 11.7. The molecule has 0 aromatic heterocycles. The Morgan fingerprint density at radius 2 is 1.81 bits per heavy atom. The van der Waals surface area contributed by atoms with Crippen molar-refractivity contribution >= 4 is 11.9 Å². The summed E-state index contributed by atoms with van der Waals surface area (Å²) < 4.78 is 0. The molecule has 1 aromatic rings. The van der Waals surface area contributed by atoms with Crippen molar-refractivity contribution < 1.29 is 19.8 Å². The van der Waals surface area contributed by atoms with Crippen LogP contribution in [0.15, 0.2) is 24.3 Å². The van der Waals surface area contributed by atoms with Gasteiger partial charge >= 0.3 is 5.97 Å². The van der Waals surface area contributed by atoms with E-state index in [2.05, 4.69) is 5.32 Å². The number of nitrogens with one attached hydrogen (secondary N) is 1. The predicted octanol–water partition coefficient (Wildman–Crippen LogP) is 1.55. The van der Waals surface area contributed by atoms with Crippen LogP contribution in [0, 0.1) is 17.8 Å². The Morgan fingerprint density at radius 3 is 2.38 bits per heavy atom. The Hall–Kier alpha value is -2.04. The third-order valence-corrected chi connectivity index (χ3v) is 4.70. The summed E-state index contributed by atoms with van der Waals surface area (Å²) in [5, 5.41) is 21.2. The van der Waals surface area contributed by atoms with Gasteiger partial charge in [0.1, 0.15) is 11.8 Å². The van der Waals surface area contributed by atoms with Gasteiger partial charge in [0.05, 0.1) is 0 Å². The van der Waals surface area contributed by atoms with Crippen LogP contribution < -0.4 is 5.32 Å². The smallest absolute Gasteiger partial charge is 0.326 e. The molecule has 3 atom stereocenters. The minimum atomic E-state index is -1.03. The van der Waals surface area contributed by atoms with Crippen molar-refractivity contribution in [2.75, 3.05) is 0 Å². The lowest BCUT2D eigenvalue weighted by Crippen LogP contribution is -2.43. The zero-order valence-electron chi connectivity index (χ0n) is 11.7. The second-order valence-electron chi connectivity index (χ2n) is 6.05. The third-order valence-electron chi connectivity index (χ3n) is 4.70. The summed E-state index contributed by atoms with van der Waals surface area (Å²) in [6, 6.07) is 5.46. The molecule has 5 heteroatoms. The Kier molecular flexibility index (Phi) is 3.57. The van der Waals surface area contributed by atoms with Gasteiger partial charge in [-0.3, -0.25) is 4.79 Å². The van der Waals surface area contributed by atoms with Crippen molar-refractivity contribution in [3.8, 4) is 5.75 Å². The second-order valence-corrected chi connectivity index (χ2v) is 6.05. The molecule has 2 fully saturated rings. The Morgan fingerprint density at radius 1 is 1.19 bits per heavy atom. The summed E-state index contributed by atoms with van der Waals surface area (Å²) in [4.78, 5) is 23.5. The molecule has 1 amide bonds. The fraction of sp³-hybridized carbons (Fsp3) is 0.500. The normalized spacial score (nSPS) is 27.7. The van der Waals surface area contributed by atoms with Crippen molar-refractivity contribution in [3.63, 3.8) is 0 Å². The van der Waals surface area contributed by atoms with Crippen LogP contribution in [0.5, 0.6) is 5.75 Å². The van der Waals surface area contributed by atoms with Crippen molar-refractivity contribution in [2.24, 2.45) is 17.8 Å². The number of aliphatic carboxylic acids is 1. The molecule has 21 heavy (non-hydrogen) atoms. The van der Waals surface area contributed by atoms with Crippen LogP contribution >= 0.6 is 0 Å². The Balaban J connectivity index is 1.61. The number of carbonyl (C=O) groups is 2. The summed E-state index contributed by atoms with van der Waals surface area (Å²) in [6.07, 6.45) is 3.61. The molecule has 0 spiro atoms. The molecule has 0 radical (unpaired) electrons. The van der Waals surface area contributed by atoms with E-state index in [9.17, 15) is 19.8 Å². The second kappa shape index (κ2) is 5.39. The van der Waals surface area contributed by atoms with Crippen LogP contribution in [0.2, 0.25) is 0 Å². The van der Waals surface area contributed by atoms with E-state index in [0.717, 1.165) is 18.4 Å². The molecule has 112 valence electrons. The van der Waals surface area contributed by atoms with E-state index in [1.54, 1.807) is 12.1 Å². The molecule has 3 N–H and O–H groups in total. The van der Waals surface area contributed by atoms with E-state index in [-0.39, 0.29) is 24.0 Å². The van der Waals surface area contributed by atoms with Crippen molar-refractivity contribution in [1.29, 1.82) is 0 Å². The number of fused-ring (bicyclic) bond motifs is 1. The van der Waals surface area contributed by atoms with E-state index >= 15 is 0 Å². The number of amides is 1. The fourth-order valence-corrected chi connectivity index (χ4v) is 3.55. The monoisotopic (exact) mass is 289 g/mol. The number of phenolic OH excluding ortho intramolecular Hbond substituents is 1. The average molecular weight is 289 g/mol. The molecule has 2 aliphatic carbocycles. The average Bonchev–Trinajstić information content (AvgIpc) is 2.94. The minimum absolute atomic E-state index is 0.0282. The molecule has 0 bridgehead atoms. The third kappa shape index (κ3) is 2.86. The number of hydrogen-bond donors (Lipinski definition) is 3. The van der Waals surface area contributed by atoms with Gasteiger partial charge in [0, 0.05) is 12.3 Å². The number of carboxylic acids is 1. The molecule has 0 heterocycles. The topological polar surface area (TPSA) is 86.6 Å². The highest BCUT2D eigenvalue weighted by Crippen LogP contribution is 2.57. The van der Waals surface area contributed by atoms with Crippen LogP contribution in [-0.4, -0.2) is 28.1 Å².